The second kappa shape index (κ2) is 7.86. The standard InChI is InChI=1S/C22H28N2O6S/c1-21(2)27-16-15(26-20-18(17(16)28-21)29-22(3,4)30-20)14(19-23-10-11-31-19)24(25)12-13-8-6-5-7-9-13/h5-11,14-18,20,25H,12H2,1-4H3/t14-,15-,16+,17+,18-,20-/m1/s1. The van der Waals surface area contributed by atoms with Crippen LogP contribution in [0.25, 0.3) is 0 Å². The van der Waals surface area contributed by atoms with Gasteiger partial charge in [0.1, 0.15) is 35.5 Å². The maximum absolute atomic E-state index is 11.2. The molecular weight excluding hydrogens is 420 g/mol. The van der Waals surface area contributed by atoms with E-state index in [0.717, 1.165) is 10.6 Å². The van der Waals surface area contributed by atoms with Crippen molar-refractivity contribution in [1.29, 1.82) is 0 Å². The van der Waals surface area contributed by atoms with Gasteiger partial charge in [-0.1, -0.05) is 30.3 Å². The van der Waals surface area contributed by atoms with Crippen LogP contribution in [-0.4, -0.2) is 57.5 Å². The number of hydrogen-bond acceptors (Lipinski definition) is 9. The SMILES string of the molecule is CC1(C)O[C@@H]2[C@H](O1)[C@H]1OC(C)(C)O[C@H]1O[C@@H]2[C@H](c1nccs1)N(O)Cc1ccccc1. The van der Waals surface area contributed by atoms with Crippen LogP contribution in [0.2, 0.25) is 0 Å². The zero-order valence-electron chi connectivity index (χ0n) is 18.0. The Morgan fingerprint density at radius 2 is 1.68 bits per heavy atom. The van der Waals surface area contributed by atoms with Crippen LogP contribution in [0.3, 0.4) is 0 Å². The molecule has 1 N–H and O–H groups in total. The van der Waals surface area contributed by atoms with E-state index < -0.39 is 48.3 Å². The van der Waals surface area contributed by atoms with Crippen molar-refractivity contribution >= 4 is 11.3 Å². The van der Waals surface area contributed by atoms with Crippen LogP contribution in [0.4, 0.5) is 0 Å². The molecule has 0 amide bonds. The Kier molecular flexibility index (Phi) is 5.43. The van der Waals surface area contributed by atoms with Crippen LogP contribution in [0.5, 0.6) is 0 Å². The Labute approximate surface area is 185 Å². The lowest BCUT2D eigenvalue weighted by Gasteiger charge is -2.42. The largest absolute Gasteiger partial charge is 0.342 e. The van der Waals surface area contributed by atoms with E-state index >= 15 is 0 Å². The lowest BCUT2D eigenvalue weighted by Crippen LogP contribution is -2.58. The second-order valence-electron chi connectivity index (χ2n) is 9.03. The molecule has 0 spiro atoms. The van der Waals surface area contributed by atoms with Crippen molar-refractivity contribution in [2.24, 2.45) is 0 Å². The number of benzene rings is 1. The first-order valence-electron chi connectivity index (χ1n) is 10.5. The fourth-order valence-corrected chi connectivity index (χ4v) is 5.36. The molecule has 0 saturated carbocycles. The summed E-state index contributed by atoms with van der Waals surface area (Å²) in [5, 5.41) is 15.1. The first-order chi connectivity index (χ1) is 14.7. The molecule has 0 unspecified atom stereocenters. The Hall–Kier alpha value is -1.43. The minimum Gasteiger partial charge on any atom is -0.342 e. The van der Waals surface area contributed by atoms with Gasteiger partial charge in [0.2, 0.25) is 0 Å². The molecule has 6 atom stereocenters. The van der Waals surface area contributed by atoms with Crippen molar-refractivity contribution in [2.75, 3.05) is 0 Å². The molecule has 1 aromatic heterocycles. The Bertz CT molecular complexity index is 893. The molecule has 9 heteroatoms. The number of rotatable bonds is 5. The van der Waals surface area contributed by atoms with Gasteiger partial charge >= 0.3 is 0 Å². The predicted octanol–water partition coefficient (Wildman–Crippen LogP) is 3.47. The monoisotopic (exact) mass is 448 g/mol. The molecule has 168 valence electrons. The minimum atomic E-state index is -0.810. The van der Waals surface area contributed by atoms with Crippen LogP contribution in [0.1, 0.15) is 44.3 Å². The van der Waals surface area contributed by atoms with Crippen LogP contribution >= 0.6 is 11.3 Å². The molecular formula is C22H28N2O6S. The van der Waals surface area contributed by atoms with Gasteiger partial charge in [0.25, 0.3) is 0 Å². The fraction of sp³-hybridized carbons (Fsp3) is 0.591. The highest BCUT2D eigenvalue weighted by Gasteiger charge is 2.62. The molecule has 4 heterocycles. The average Bonchev–Trinajstić information content (AvgIpc) is 3.39. The highest BCUT2D eigenvalue weighted by molar-refractivity contribution is 7.09. The molecule has 3 aliphatic heterocycles. The molecule has 1 aromatic carbocycles. The average molecular weight is 449 g/mol. The predicted molar refractivity (Wildman–Crippen MR) is 111 cm³/mol. The van der Waals surface area contributed by atoms with Gasteiger partial charge in [0.05, 0.1) is 0 Å². The summed E-state index contributed by atoms with van der Waals surface area (Å²) >= 11 is 1.46. The summed E-state index contributed by atoms with van der Waals surface area (Å²) in [6, 6.07) is 9.21. The molecule has 3 fully saturated rings. The molecule has 0 radical (unpaired) electrons. The number of hydrogen-bond donors (Lipinski definition) is 1. The smallest absolute Gasteiger partial charge is 0.190 e. The summed E-state index contributed by atoms with van der Waals surface area (Å²) in [4.78, 5) is 4.49. The van der Waals surface area contributed by atoms with E-state index in [4.69, 9.17) is 23.7 Å². The zero-order chi connectivity index (χ0) is 21.8. The van der Waals surface area contributed by atoms with Gasteiger partial charge in [0.15, 0.2) is 17.9 Å². The van der Waals surface area contributed by atoms with E-state index in [1.807, 2.05) is 63.4 Å². The van der Waals surface area contributed by atoms with Crippen molar-refractivity contribution in [1.82, 2.24) is 10.0 Å². The number of hydroxylamine groups is 2. The van der Waals surface area contributed by atoms with Crippen molar-refractivity contribution in [3.63, 3.8) is 0 Å². The summed E-state index contributed by atoms with van der Waals surface area (Å²) in [7, 11) is 0. The van der Waals surface area contributed by atoms with Crippen molar-refractivity contribution in [2.45, 2.75) is 82.6 Å². The molecule has 2 aromatic rings. The van der Waals surface area contributed by atoms with Gasteiger partial charge in [-0.25, -0.2) is 4.98 Å². The number of ether oxygens (including phenoxy) is 5. The quantitative estimate of drug-likeness (QED) is 0.697. The maximum atomic E-state index is 11.2. The van der Waals surface area contributed by atoms with Crippen LogP contribution < -0.4 is 0 Å². The highest BCUT2D eigenvalue weighted by Crippen LogP contribution is 2.47. The van der Waals surface area contributed by atoms with Gasteiger partial charge in [-0.3, -0.25) is 0 Å². The van der Waals surface area contributed by atoms with Crippen molar-refractivity contribution in [3.8, 4) is 0 Å². The molecule has 3 aliphatic rings. The van der Waals surface area contributed by atoms with Gasteiger partial charge < -0.3 is 28.9 Å². The summed E-state index contributed by atoms with van der Waals surface area (Å²) in [6.45, 7) is 7.76. The first-order valence-corrected chi connectivity index (χ1v) is 11.4. The van der Waals surface area contributed by atoms with Crippen LogP contribution in [0, 0.1) is 0 Å². The number of fused-ring (bicyclic) bond motifs is 3. The Morgan fingerprint density at radius 1 is 1.00 bits per heavy atom. The van der Waals surface area contributed by atoms with Crippen LogP contribution in [0.15, 0.2) is 41.9 Å². The third-order valence-corrected chi connectivity index (χ3v) is 6.56. The van der Waals surface area contributed by atoms with E-state index in [9.17, 15) is 5.21 Å². The minimum absolute atomic E-state index is 0.309. The van der Waals surface area contributed by atoms with E-state index in [1.165, 1.54) is 16.4 Å². The fourth-order valence-electron chi connectivity index (χ4n) is 4.58. The molecule has 31 heavy (non-hydrogen) atoms. The summed E-state index contributed by atoms with van der Waals surface area (Å²) < 4.78 is 31.0. The molecule has 0 aliphatic carbocycles. The first kappa shape index (κ1) is 21.4. The summed E-state index contributed by atoms with van der Waals surface area (Å²) in [5.41, 5.74) is 0.974. The molecule has 0 bridgehead atoms. The molecule has 3 saturated heterocycles. The van der Waals surface area contributed by atoms with Gasteiger partial charge in [0, 0.05) is 18.1 Å². The van der Waals surface area contributed by atoms with E-state index in [0.29, 0.717) is 6.54 Å². The van der Waals surface area contributed by atoms with E-state index in [2.05, 4.69) is 4.98 Å². The summed E-state index contributed by atoms with van der Waals surface area (Å²) in [6.07, 6.45) is -0.769. The van der Waals surface area contributed by atoms with Gasteiger partial charge in [-0.15, -0.1) is 11.3 Å². The second-order valence-corrected chi connectivity index (χ2v) is 9.96. The topological polar surface area (TPSA) is 82.5 Å². The normalized spacial score (nSPS) is 34.5. The number of aromatic nitrogens is 1. The highest BCUT2D eigenvalue weighted by atomic mass is 32.1. The Morgan fingerprint density at radius 3 is 2.39 bits per heavy atom. The maximum Gasteiger partial charge on any atom is 0.190 e. The number of nitrogens with zero attached hydrogens (tertiary/aromatic N) is 2. The Balaban J connectivity index is 1.49. The zero-order valence-corrected chi connectivity index (χ0v) is 18.8. The van der Waals surface area contributed by atoms with Gasteiger partial charge in [-0.05, 0) is 33.3 Å². The lowest BCUT2D eigenvalue weighted by atomic mass is 9.93. The third-order valence-electron chi connectivity index (χ3n) is 5.71. The van der Waals surface area contributed by atoms with Gasteiger partial charge in [-0.2, -0.15) is 5.06 Å². The van der Waals surface area contributed by atoms with E-state index in [1.54, 1.807) is 6.20 Å². The lowest BCUT2D eigenvalue weighted by molar-refractivity contribution is -0.271. The van der Waals surface area contributed by atoms with Crippen molar-refractivity contribution < 1.29 is 28.9 Å². The molecule has 8 nitrogen and oxygen atoms in total. The van der Waals surface area contributed by atoms with Crippen LogP contribution in [-0.2, 0) is 30.2 Å². The number of thiazole rings is 1. The van der Waals surface area contributed by atoms with Crippen molar-refractivity contribution in [3.05, 3.63) is 52.5 Å². The summed E-state index contributed by atoms with van der Waals surface area (Å²) in [5.74, 6) is -1.61. The molecule has 5 rings (SSSR count). The van der Waals surface area contributed by atoms with E-state index in [-0.39, 0.29) is 0 Å². The third kappa shape index (κ3) is 4.17.